The Morgan fingerprint density at radius 2 is 1.94 bits per heavy atom. The number of nitrogens with one attached hydrogen (secondary N) is 1. The lowest BCUT2D eigenvalue weighted by molar-refractivity contribution is -0.145. The molecular weight excluding hydrogens is 228 g/mol. The zero-order chi connectivity index (χ0) is 13.1. The van der Waals surface area contributed by atoms with Gasteiger partial charge in [0, 0.05) is 18.1 Å². The molecule has 0 spiro atoms. The molecule has 2 saturated heterocycles. The number of carboxylic acids is 1. The third-order valence-corrected chi connectivity index (χ3v) is 4.47. The quantitative estimate of drug-likeness (QED) is 0.759. The smallest absolute Gasteiger partial charge is 0.320 e. The summed E-state index contributed by atoms with van der Waals surface area (Å²) in [4.78, 5) is 13.7. The lowest BCUT2D eigenvalue weighted by atomic mass is 9.96. The monoisotopic (exact) mass is 254 g/mol. The van der Waals surface area contributed by atoms with Crippen LogP contribution >= 0.6 is 0 Å². The van der Waals surface area contributed by atoms with E-state index in [0.29, 0.717) is 24.5 Å². The first kappa shape index (κ1) is 13.8. The van der Waals surface area contributed by atoms with Crippen molar-refractivity contribution in [2.45, 2.75) is 76.5 Å². The van der Waals surface area contributed by atoms with Gasteiger partial charge in [0.1, 0.15) is 6.04 Å². The molecule has 0 amide bonds. The molecule has 0 radical (unpaired) electrons. The molecule has 0 aromatic rings. The first-order valence-corrected chi connectivity index (χ1v) is 7.40. The van der Waals surface area contributed by atoms with E-state index in [9.17, 15) is 9.90 Å². The van der Waals surface area contributed by atoms with Crippen LogP contribution in [0.1, 0.15) is 52.4 Å². The van der Waals surface area contributed by atoms with Gasteiger partial charge in [0.05, 0.1) is 0 Å². The number of carboxylic acid groups (broad SMARTS) is 1. The number of aliphatic carboxylic acids is 1. The van der Waals surface area contributed by atoms with Crippen molar-refractivity contribution in [2.24, 2.45) is 0 Å². The minimum atomic E-state index is -0.656. The van der Waals surface area contributed by atoms with Gasteiger partial charge in [-0.05, 0) is 45.1 Å². The fourth-order valence-electron chi connectivity index (χ4n) is 3.70. The number of rotatable bonds is 6. The van der Waals surface area contributed by atoms with Gasteiger partial charge in [0.2, 0.25) is 0 Å². The average molecular weight is 254 g/mol. The lowest BCUT2D eigenvalue weighted by Crippen LogP contribution is -2.53. The second-order valence-corrected chi connectivity index (χ2v) is 5.76. The second kappa shape index (κ2) is 6.02. The molecule has 2 aliphatic heterocycles. The molecule has 0 saturated carbocycles. The molecule has 3 atom stereocenters. The first-order valence-electron chi connectivity index (χ1n) is 7.40. The van der Waals surface area contributed by atoms with Gasteiger partial charge in [-0.2, -0.15) is 0 Å². The topological polar surface area (TPSA) is 52.6 Å². The van der Waals surface area contributed by atoms with Gasteiger partial charge in [0.25, 0.3) is 0 Å². The van der Waals surface area contributed by atoms with Crippen molar-refractivity contribution >= 4 is 5.97 Å². The Morgan fingerprint density at radius 3 is 2.39 bits per heavy atom. The number of nitrogens with zero attached hydrogens (tertiary/aromatic N) is 1. The van der Waals surface area contributed by atoms with Crippen molar-refractivity contribution in [1.82, 2.24) is 10.2 Å². The number of hydrogen-bond donors (Lipinski definition) is 2. The molecule has 2 heterocycles. The van der Waals surface area contributed by atoms with Crippen LogP contribution in [0.2, 0.25) is 0 Å². The number of hydrogen-bond acceptors (Lipinski definition) is 3. The van der Waals surface area contributed by atoms with Crippen LogP contribution in [0.5, 0.6) is 0 Å². The van der Waals surface area contributed by atoms with Crippen molar-refractivity contribution in [3.8, 4) is 0 Å². The van der Waals surface area contributed by atoms with Gasteiger partial charge >= 0.3 is 5.97 Å². The predicted octanol–water partition coefficient (Wildman–Crippen LogP) is 1.84. The molecule has 0 aliphatic carbocycles. The van der Waals surface area contributed by atoms with Crippen LogP contribution in [-0.4, -0.2) is 46.7 Å². The maximum atomic E-state index is 11.4. The summed E-state index contributed by atoms with van der Waals surface area (Å²) in [6, 6.07) is 1.41. The Hall–Kier alpha value is -0.610. The minimum absolute atomic E-state index is 0.299. The molecule has 2 bridgehead atoms. The second-order valence-electron chi connectivity index (χ2n) is 5.76. The zero-order valence-electron chi connectivity index (χ0n) is 11.6. The van der Waals surface area contributed by atoms with E-state index >= 15 is 0 Å². The van der Waals surface area contributed by atoms with Gasteiger partial charge in [-0.15, -0.1) is 0 Å². The van der Waals surface area contributed by atoms with Crippen molar-refractivity contribution in [3.63, 3.8) is 0 Å². The fraction of sp³-hybridized carbons (Fsp3) is 0.929. The highest BCUT2D eigenvalue weighted by molar-refractivity contribution is 5.73. The normalized spacial score (nSPS) is 32.7. The molecule has 104 valence electrons. The maximum absolute atomic E-state index is 11.4. The van der Waals surface area contributed by atoms with E-state index in [4.69, 9.17) is 0 Å². The molecule has 18 heavy (non-hydrogen) atoms. The third kappa shape index (κ3) is 2.86. The molecule has 2 fully saturated rings. The molecule has 0 aromatic carbocycles. The largest absolute Gasteiger partial charge is 0.480 e. The Kier molecular flexibility index (Phi) is 4.62. The van der Waals surface area contributed by atoms with Crippen LogP contribution < -0.4 is 5.32 Å². The summed E-state index contributed by atoms with van der Waals surface area (Å²) in [5, 5.41) is 13.0. The highest BCUT2D eigenvalue weighted by Crippen LogP contribution is 2.31. The van der Waals surface area contributed by atoms with Crippen LogP contribution in [0.4, 0.5) is 0 Å². The highest BCUT2D eigenvalue weighted by Gasteiger charge is 2.38. The first-order chi connectivity index (χ1) is 8.65. The molecule has 2 aliphatic rings. The van der Waals surface area contributed by atoms with Crippen LogP contribution in [0.25, 0.3) is 0 Å². The number of piperidine rings is 1. The SMILES string of the molecule is CCCN(C1CC2CCC(C1)N2)C(CC)C(=O)O. The van der Waals surface area contributed by atoms with Crippen molar-refractivity contribution in [1.29, 1.82) is 0 Å². The summed E-state index contributed by atoms with van der Waals surface area (Å²) >= 11 is 0. The van der Waals surface area contributed by atoms with Gasteiger partial charge in [0.15, 0.2) is 0 Å². The molecule has 2 rings (SSSR count). The van der Waals surface area contributed by atoms with Crippen molar-refractivity contribution in [2.75, 3.05) is 6.54 Å². The van der Waals surface area contributed by atoms with Gasteiger partial charge in [-0.1, -0.05) is 13.8 Å². The van der Waals surface area contributed by atoms with Crippen LogP contribution in [0.15, 0.2) is 0 Å². The van der Waals surface area contributed by atoms with Crippen molar-refractivity contribution in [3.05, 3.63) is 0 Å². The van der Waals surface area contributed by atoms with E-state index in [-0.39, 0.29) is 6.04 Å². The zero-order valence-corrected chi connectivity index (χ0v) is 11.6. The summed E-state index contributed by atoms with van der Waals surface area (Å²) < 4.78 is 0. The number of fused-ring (bicyclic) bond motifs is 2. The summed E-state index contributed by atoms with van der Waals surface area (Å²) in [5.41, 5.74) is 0. The van der Waals surface area contributed by atoms with E-state index < -0.39 is 5.97 Å². The van der Waals surface area contributed by atoms with E-state index in [0.717, 1.165) is 25.8 Å². The Bertz CT molecular complexity index is 284. The van der Waals surface area contributed by atoms with Gasteiger partial charge in [-0.25, -0.2) is 0 Å². The van der Waals surface area contributed by atoms with Crippen LogP contribution in [-0.2, 0) is 4.79 Å². The molecule has 4 nitrogen and oxygen atoms in total. The van der Waals surface area contributed by atoms with Gasteiger partial charge < -0.3 is 10.4 Å². The average Bonchev–Trinajstić information content (AvgIpc) is 2.68. The van der Waals surface area contributed by atoms with E-state index in [1.54, 1.807) is 0 Å². The van der Waals surface area contributed by atoms with Crippen LogP contribution in [0.3, 0.4) is 0 Å². The minimum Gasteiger partial charge on any atom is -0.480 e. The number of carbonyl (C=O) groups is 1. The van der Waals surface area contributed by atoms with Crippen molar-refractivity contribution < 1.29 is 9.90 Å². The maximum Gasteiger partial charge on any atom is 0.320 e. The standard InChI is InChI=1S/C14H26N2O2/c1-3-7-16(13(4-2)14(17)18)12-8-10-5-6-11(9-12)15-10/h10-13,15H,3-9H2,1-2H3,(H,17,18). The Labute approximate surface area is 110 Å². The van der Waals surface area contributed by atoms with E-state index in [1.165, 1.54) is 12.8 Å². The third-order valence-electron chi connectivity index (χ3n) is 4.47. The predicted molar refractivity (Wildman–Crippen MR) is 71.7 cm³/mol. The van der Waals surface area contributed by atoms with E-state index in [1.807, 2.05) is 6.92 Å². The Balaban J connectivity index is 2.06. The molecule has 4 heteroatoms. The molecule has 0 aromatic heterocycles. The lowest BCUT2D eigenvalue weighted by Gasteiger charge is -2.40. The molecule has 3 unspecified atom stereocenters. The fourth-order valence-corrected chi connectivity index (χ4v) is 3.70. The summed E-state index contributed by atoms with van der Waals surface area (Å²) in [6.07, 6.45) is 6.52. The van der Waals surface area contributed by atoms with Crippen LogP contribution in [0, 0.1) is 0 Å². The van der Waals surface area contributed by atoms with Gasteiger partial charge in [-0.3, -0.25) is 9.69 Å². The highest BCUT2D eigenvalue weighted by atomic mass is 16.4. The Morgan fingerprint density at radius 1 is 1.33 bits per heavy atom. The summed E-state index contributed by atoms with van der Waals surface area (Å²) in [7, 11) is 0. The molecular formula is C14H26N2O2. The molecule has 2 N–H and O–H groups in total. The summed E-state index contributed by atoms with van der Waals surface area (Å²) in [5.74, 6) is -0.656. The summed E-state index contributed by atoms with van der Waals surface area (Å²) in [6.45, 7) is 5.03. The van der Waals surface area contributed by atoms with E-state index in [2.05, 4.69) is 17.1 Å².